The van der Waals surface area contributed by atoms with Gasteiger partial charge in [-0.1, -0.05) is 29.3 Å². The molecule has 0 saturated carbocycles. The molecule has 0 spiro atoms. The molecule has 2 aromatic rings. The highest BCUT2D eigenvalue weighted by atomic mass is 35.5. The lowest BCUT2D eigenvalue weighted by Gasteiger charge is -2.38. The molecular weight excluding hydrogens is 416 g/mol. The minimum Gasteiger partial charge on any atom is -0.369 e. The van der Waals surface area contributed by atoms with Gasteiger partial charge in [0.25, 0.3) is 5.91 Å². The molecule has 0 bridgehead atoms. The summed E-state index contributed by atoms with van der Waals surface area (Å²) >= 11 is 12.0. The van der Waals surface area contributed by atoms with Crippen LogP contribution >= 0.6 is 23.2 Å². The number of aryl methyl sites for hydroxylation is 1. The molecule has 152 valence electrons. The first-order valence-electron chi connectivity index (χ1n) is 9.42. The summed E-state index contributed by atoms with van der Waals surface area (Å²) in [5, 5.41) is 0.579. The number of piperazine rings is 1. The molecule has 0 radical (unpaired) electrons. The number of amides is 2. The Morgan fingerprint density at radius 1 is 1.00 bits per heavy atom. The fourth-order valence-corrected chi connectivity index (χ4v) is 4.34. The Morgan fingerprint density at radius 2 is 1.72 bits per heavy atom. The molecule has 5 nitrogen and oxygen atoms in total. The highest BCUT2D eigenvalue weighted by molar-refractivity contribution is 6.31. The Morgan fingerprint density at radius 3 is 2.41 bits per heavy atom. The molecule has 0 aromatic heterocycles. The largest absolute Gasteiger partial charge is 0.369 e. The lowest BCUT2D eigenvalue weighted by molar-refractivity contribution is -0.123. The average molecular weight is 436 g/mol. The van der Waals surface area contributed by atoms with E-state index in [9.17, 15) is 14.0 Å². The van der Waals surface area contributed by atoms with Crippen molar-refractivity contribution < 1.29 is 14.0 Å². The zero-order chi connectivity index (χ0) is 20.7. The fraction of sp³-hybridized carbons (Fsp3) is 0.333. The number of hydrogen-bond donors (Lipinski definition) is 0. The van der Waals surface area contributed by atoms with Gasteiger partial charge in [0, 0.05) is 36.9 Å². The van der Waals surface area contributed by atoms with Gasteiger partial charge in [-0.25, -0.2) is 9.29 Å². The van der Waals surface area contributed by atoms with Gasteiger partial charge in [0.15, 0.2) is 0 Å². The van der Waals surface area contributed by atoms with Crippen molar-refractivity contribution in [2.75, 3.05) is 36.0 Å². The maximum Gasteiger partial charge on any atom is 0.251 e. The molecule has 29 heavy (non-hydrogen) atoms. The predicted molar refractivity (Wildman–Crippen MR) is 112 cm³/mol. The topological polar surface area (TPSA) is 43.9 Å². The van der Waals surface area contributed by atoms with Crippen molar-refractivity contribution in [1.82, 2.24) is 4.90 Å². The lowest BCUT2D eigenvalue weighted by Crippen LogP contribution is -2.52. The Balaban J connectivity index is 1.46. The van der Waals surface area contributed by atoms with Gasteiger partial charge in [-0.2, -0.15) is 0 Å². The van der Waals surface area contributed by atoms with E-state index >= 15 is 0 Å². The molecule has 2 aromatic carbocycles. The highest BCUT2D eigenvalue weighted by Gasteiger charge is 2.43. The second-order valence-corrected chi connectivity index (χ2v) is 8.18. The normalized spacial score (nSPS) is 20.6. The van der Waals surface area contributed by atoms with Crippen molar-refractivity contribution >= 4 is 46.4 Å². The Kier molecular flexibility index (Phi) is 5.51. The van der Waals surface area contributed by atoms with Crippen LogP contribution in [0.25, 0.3) is 0 Å². The number of hydrogen-bond acceptors (Lipinski definition) is 4. The molecular formula is C21H20Cl2FN3O2. The van der Waals surface area contributed by atoms with Crippen molar-refractivity contribution in [3.05, 3.63) is 57.8 Å². The first-order chi connectivity index (χ1) is 13.8. The molecule has 0 aliphatic carbocycles. The molecule has 2 saturated heterocycles. The molecule has 2 fully saturated rings. The van der Waals surface area contributed by atoms with Crippen LogP contribution in [-0.4, -0.2) is 48.9 Å². The summed E-state index contributed by atoms with van der Waals surface area (Å²) in [5.74, 6) is -1.17. The zero-order valence-electron chi connectivity index (χ0n) is 15.9. The van der Waals surface area contributed by atoms with E-state index in [4.69, 9.17) is 23.2 Å². The van der Waals surface area contributed by atoms with Crippen LogP contribution in [0.15, 0.2) is 36.4 Å². The molecule has 0 N–H and O–H groups in total. The maximum absolute atomic E-state index is 13.4. The number of carbonyl (C=O) groups is 2. The highest BCUT2D eigenvalue weighted by Crippen LogP contribution is 2.30. The van der Waals surface area contributed by atoms with Gasteiger partial charge >= 0.3 is 0 Å². The SMILES string of the molecule is Cc1ccc(Cl)cc1N1CCN(C2CC(=O)N(c3ccc(F)c(Cl)c3)C2=O)CC1. The van der Waals surface area contributed by atoms with E-state index in [-0.39, 0.29) is 23.3 Å². The molecule has 8 heteroatoms. The quantitative estimate of drug-likeness (QED) is 0.685. The Labute approximate surface area is 178 Å². The second kappa shape index (κ2) is 7.94. The number of anilines is 2. The van der Waals surface area contributed by atoms with E-state index in [1.807, 2.05) is 30.0 Å². The van der Waals surface area contributed by atoms with Crippen LogP contribution in [0, 0.1) is 12.7 Å². The van der Waals surface area contributed by atoms with Crippen molar-refractivity contribution in [3.63, 3.8) is 0 Å². The van der Waals surface area contributed by atoms with Crippen LogP contribution in [0.5, 0.6) is 0 Å². The van der Waals surface area contributed by atoms with E-state index in [1.165, 1.54) is 12.1 Å². The molecule has 2 aliphatic rings. The number of rotatable bonds is 3. The number of carbonyl (C=O) groups excluding carboxylic acids is 2. The van der Waals surface area contributed by atoms with Crippen LogP contribution in [-0.2, 0) is 9.59 Å². The minimum atomic E-state index is -0.585. The minimum absolute atomic E-state index is 0.114. The predicted octanol–water partition coefficient (Wildman–Crippen LogP) is 3.90. The molecule has 2 amide bonds. The van der Waals surface area contributed by atoms with E-state index in [2.05, 4.69) is 4.90 Å². The molecule has 4 rings (SSSR count). The summed E-state index contributed by atoms with van der Waals surface area (Å²) in [4.78, 5) is 30.9. The Hall–Kier alpha value is -2.15. The summed E-state index contributed by atoms with van der Waals surface area (Å²) in [7, 11) is 0. The monoisotopic (exact) mass is 435 g/mol. The van der Waals surface area contributed by atoms with Crippen LogP contribution < -0.4 is 9.80 Å². The van der Waals surface area contributed by atoms with Crippen molar-refractivity contribution in [1.29, 1.82) is 0 Å². The van der Waals surface area contributed by atoms with Gasteiger partial charge in [-0.3, -0.25) is 14.5 Å². The van der Waals surface area contributed by atoms with Gasteiger partial charge in [0.1, 0.15) is 5.82 Å². The third-order valence-electron chi connectivity index (χ3n) is 5.55. The van der Waals surface area contributed by atoms with E-state index in [0.29, 0.717) is 23.8 Å². The zero-order valence-corrected chi connectivity index (χ0v) is 17.4. The van der Waals surface area contributed by atoms with Crippen LogP contribution in [0.3, 0.4) is 0 Å². The van der Waals surface area contributed by atoms with Gasteiger partial charge in [0.2, 0.25) is 5.91 Å². The number of imide groups is 1. The van der Waals surface area contributed by atoms with Gasteiger partial charge in [-0.05, 0) is 42.8 Å². The fourth-order valence-electron chi connectivity index (χ4n) is 3.99. The molecule has 1 atom stereocenters. The Bertz CT molecular complexity index is 976. The summed E-state index contributed by atoms with van der Waals surface area (Å²) in [6.07, 6.45) is 0.115. The molecule has 2 aliphatic heterocycles. The van der Waals surface area contributed by atoms with Crippen LogP contribution in [0.2, 0.25) is 10.0 Å². The molecule has 1 unspecified atom stereocenters. The van der Waals surface area contributed by atoms with Crippen LogP contribution in [0.4, 0.5) is 15.8 Å². The van der Waals surface area contributed by atoms with E-state index < -0.39 is 11.9 Å². The van der Waals surface area contributed by atoms with E-state index in [0.717, 1.165) is 35.3 Å². The van der Waals surface area contributed by atoms with Crippen molar-refractivity contribution in [2.45, 2.75) is 19.4 Å². The van der Waals surface area contributed by atoms with Gasteiger partial charge in [-0.15, -0.1) is 0 Å². The standard InChI is InChI=1S/C21H20Cl2FN3O2/c1-13-2-3-14(22)10-18(13)25-6-8-26(9-7-25)19-12-20(28)27(21(19)29)15-4-5-17(24)16(23)11-15/h2-5,10-11,19H,6-9,12H2,1H3. The maximum atomic E-state index is 13.4. The third kappa shape index (κ3) is 3.84. The number of halogens is 3. The number of benzene rings is 2. The van der Waals surface area contributed by atoms with Crippen LogP contribution in [0.1, 0.15) is 12.0 Å². The lowest BCUT2D eigenvalue weighted by atomic mass is 10.1. The summed E-state index contributed by atoms with van der Waals surface area (Å²) < 4.78 is 13.4. The van der Waals surface area contributed by atoms with E-state index in [1.54, 1.807) is 0 Å². The smallest absolute Gasteiger partial charge is 0.251 e. The third-order valence-corrected chi connectivity index (χ3v) is 6.08. The summed E-state index contributed by atoms with van der Waals surface area (Å²) in [5.41, 5.74) is 2.55. The van der Waals surface area contributed by atoms with Gasteiger partial charge < -0.3 is 4.90 Å². The summed E-state index contributed by atoms with van der Waals surface area (Å²) in [6, 6.07) is 9.20. The first kappa shape index (κ1) is 20.1. The molecule has 2 heterocycles. The van der Waals surface area contributed by atoms with Crippen molar-refractivity contribution in [2.24, 2.45) is 0 Å². The second-order valence-electron chi connectivity index (χ2n) is 7.34. The van der Waals surface area contributed by atoms with Crippen molar-refractivity contribution in [3.8, 4) is 0 Å². The van der Waals surface area contributed by atoms with Gasteiger partial charge in [0.05, 0.1) is 23.2 Å². The summed E-state index contributed by atoms with van der Waals surface area (Å²) in [6.45, 7) is 4.84. The average Bonchev–Trinajstić information content (AvgIpc) is 3.00. The number of nitrogens with zero attached hydrogens (tertiary/aromatic N) is 3. The first-order valence-corrected chi connectivity index (χ1v) is 10.2.